The number of rotatable bonds is 5. The SMILES string of the molecule is COc1c(C)c(C=O)cc(C)c1OC(=O)c1c([O-])cccc1C(=O)O. The quantitative estimate of drug-likeness (QED) is 0.502. The molecule has 0 heterocycles. The lowest BCUT2D eigenvalue weighted by molar-refractivity contribution is -0.268. The fourth-order valence-corrected chi connectivity index (χ4v) is 2.45. The lowest BCUT2D eigenvalue weighted by Gasteiger charge is -2.18. The highest BCUT2D eigenvalue weighted by Crippen LogP contribution is 2.37. The number of esters is 1. The number of ether oxygens (including phenoxy) is 2. The van der Waals surface area contributed by atoms with Crippen molar-refractivity contribution in [2.75, 3.05) is 7.11 Å². The minimum Gasteiger partial charge on any atom is -0.872 e. The highest BCUT2D eigenvalue weighted by molar-refractivity contribution is 6.05. The summed E-state index contributed by atoms with van der Waals surface area (Å²) in [6.45, 7) is 3.21. The van der Waals surface area contributed by atoms with Crippen molar-refractivity contribution >= 4 is 18.2 Å². The average Bonchev–Trinajstić information content (AvgIpc) is 2.57. The summed E-state index contributed by atoms with van der Waals surface area (Å²) in [7, 11) is 1.35. The molecule has 2 rings (SSSR count). The molecule has 7 heteroatoms. The van der Waals surface area contributed by atoms with Crippen LogP contribution < -0.4 is 14.6 Å². The van der Waals surface area contributed by atoms with Crippen LogP contribution in [0.15, 0.2) is 24.3 Å². The van der Waals surface area contributed by atoms with Crippen molar-refractivity contribution in [1.82, 2.24) is 0 Å². The Hall–Kier alpha value is -3.35. The molecule has 2 aromatic rings. The van der Waals surface area contributed by atoms with Gasteiger partial charge in [-0.1, -0.05) is 17.9 Å². The number of benzene rings is 2. The minimum atomic E-state index is -1.42. The van der Waals surface area contributed by atoms with Crippen LogP contribution >= 0.6 is 0 Å². The molecule has 0 spiro atoms. The van der Waals surface area contributed by atoms with Gasteiger partial charge in [-0.05, 0) is 31.5 Å². The first-order chi connectivity index (χ1) is 11.8. The molecule has 0 radical (unpaired) electrons. The Labute approximate surface area is 143 Å². The standard InChI is InChI=1S/C18H16O7/c1-9-7-11(8-19)10(2)16(24-3)15(9)25-18(23)14-12(17(21)22)5-4-6-13(14)20/h4-8,20H,1-3H3,(H,21,22)/p-1. The van der Waals surface area contributed by atoms with E-state index >= 15 is 0 Å². The van der Waals surface area contributed by atoms with Crippen molar-refractivity contribution in [3.8, 4) is 17.2 Å². The highest BCUT2D eigenvalue weighted by atomic mass is 16.6. The molecule has 0 aliphatic carbocycles. The number of carbonyl (C=O) groups excluding carboxylic acids is 2. The molecular formula is C18H15O7-. The molecule has 25 heavy (non-hydrogen) atoms. The van der Waals surface area contributed by atoms with E-state index in [0.29, 0.717) is 23.0 Å². The van der Waals surface area contributed by atoms with Gasteiger partial charge in [0.15, 0.2) is 11.5 Å². The number of methoxy groups -OCH3 is 1. The fourth-order valence-electron chi connectivity index (χ4n) is 2.45. The van der Waals surface area contributed by atoms with Gasteiger partial charge in [-0.25, -0.2) is 9.59 Å². The van der Waals surface area contributed by atoms with Gasteiger partial charge >= 0.3 is 11.9 Å². The average molecular weight is 343 g/mol. The summed E-state index contributed by atoms with van der Waals surface area (Å²) in [6.07, 6.45) is 0.645. The van der Waals surface area contributed by atoms with Crippen LogP contribution in [0.3, 0.4) is 0 Å². The summed E-state index contributed by atoms with van der Waals surface area (Å²) < 4.78 is 10.5. The highest BCUT2D eigenvalue weighted by Gasteiger charge is 2.23. The van der Waals surface area contributed by atoms with Crippen LogP contribution in [-0.4, -0.2) is 30.4 Å². The smallest absolute Gasteiger partial charge is 0.343 e. The van der Waals surface area contributed by atoms with E-state index in [2.05, 4.69) is 0 Å². The molecule has 0 aliphatic rings. The Morgan fingerprint density at radius 2 is 1.88 bits per heavy atom. The van der Waals surface area contributed by atoms with Gasteiger partial charge in [0.05, 0.1) is 18.2 Å². The number of aromatic carboxylic acids is 1. The Balaban J connectivity index is 2.55. The van der Waals surface area contributed by atoms with Gasteiger partial charge in [0.1, 0.15) is 6.29 Å². The first-order valence-corrected chi connectivity index (χ1v) is 7.20. The topological polar surface area (TPSA) is 113 Å². The molecule has 0 atom stereocenters. The van der Waals surface area contributed by atoms with Crippen molar-refractivity contribution in [1.29, 1.82) is 0 Å². The van der Waals surface area contributed by atoms with E-state index in [0.717, 1.165) is 12.1 Å². The number of carboxylic acids is 1. The summed E-state index contributed by atoms with van der Waals surface area (Å²) >= 11 is 0. The molecule has 0 fully saturated rings. The van der Waals surface area contributed by atoms with Crippen LogP contribution in [-0.2, 0) is 0 Å². The van der Waals surface area contributed by atoms with Crippen LogP contribution in [0.4, 0.5) is 0 Å². The largest absolute Gasteiger partial charge is 0.872 e. The molecule has 0 amide bonds. The maximum atomic E-state index is 12.4. The van der Waals surface area contributed by atoms with Crippen LogP contribution in [0.1, 0.15) is 42.2 Å². The van der Waals surface area contributed by atoms with E-state index < -0.39 is 28.8 Å². The third-order valence-electron chi connectivity index (χ3n) is 3.70. The Morgan fingerprint density at radius 3 is 2.44 bits per heavy atom. The van der Waals surface area contributed by atoms with E-state index in [1.807, 2.05) is 0 Å². The van der Waals surface area contributed by atoms with E-state index in [4.69, 9.17) is 14.6 Å². The van der Waals surface area contributed by atoms with Gasteiger partial charge in [-0.2, -0.15) is 0 Å². The normalized spacial score (nSPS) is 10.2. The molecular weight excluding hydrogens is 328 g/mol. The van der Waals surface area contributed by atoms with E-state index in [-0.39, 0.29) is 11.5 Å². The maximum Gasteiger partial charge on any atom is 0.343 e. The van der Waals surface area contributed by atoms with Crippen LogP contribution in [0.2, 0.25) is 0 Å². The molecule has 0 saturated heterocycles. The molecule has 0 aromatic heterocycles. The lowest BCUT2D eigenvalue weighted by Crippen LogP contribution is -2.18. The Kier molecular flexibility index (Phi) is 5.07. The molecule has 2 aromatic carbocycles. The lowest BCUT2D eigenvalue weighted by atomic mass is 10.0. The molecule has 0 bridgehead atoms. The summed E-state index contributed by atoms with van der Waals surface area (Å²) in [5.74, 6) is -3.10. The van der Waals surface area contributed by atoms with Crippen molar-refractivity contribution < 1.29 is 34.1 Å². The predicted octanol–water partition coefficient (Wildman–Crippen LogP) is 2.12. The van der Waals surface area contributed by atoms with E-state index in [9.17, 15) is 19.5 Å². The van der Waals surface area contributed by atoms with Gasteiger partial charge in [0.25, 0.3) is 0 Å². The molecule has 0 aliphatic heterocycles. The van der Waals surface area contributed by atoms with E-state index in [1.165, 1.54) is 19.2 Å². The predicted molar refractivity (Wildman–Crippen MR) is 85.7 cm³/mol. The molecule has 130 valence electrons. The third-order valence-corrected chi connectivity index (χ3v) is 3.70. The van der Waals surface area contributed by atoms with Crippen LogP contribution in [0, 0.1) is 13.8 Å². The Bertz CT molecular complexity index is 868. The number of carboxylic acid groups (broad SMARTS) is 1. The van der Waals surface area contributed by atoms with Crippen molar-refractivity contribution in [2.24, 2.45) is 0 Å². The fraction of sp³-hybridized carbons (Fsp3) is 0.167. The molecule has 0 unspecified atom stereocenters. The van der Waals surface area contributed by atoms with Crippen molar-refractivity contribution in [2.45, 2.75) is 13.8 Å². The first kappa shape index (κ1) is 18.0. The summed E-state index contributed by atoms with van der Waals surface area (Å²) in [4.78, 5) is 34.8. The monoisotopic (exact) mass is 343 g/mol. The second kappa shape index (κ2) is 7.04. The van der Waals surface area contributed by atoms with Crippen LogP contribution in [0.5, 0.6) is 17.2 Å². The van der Waals surface area contributed by atoms with Crippen molar-refractivity contribution in [3.63, 3.8) is 0 Å². The number of aldehydes is 1. The number of hydrogen-bond donors (Lipinski definition) is 1. The third kappa shape index (κ3) is 3.30. The number of carbonyl (C=O) groups is 3. The van der Waals surface area contributed by atoms with Gasteiger partial charge in [0.2, 0.25) is 0 Å². The minimum absolute atomic E-state index is 0.0233. The van der Waals surface area contributed by atoms with E-state index in [1.54, 1.807) is 13.8 Å². The number of aryl methyl sites for hydroxylation is 1. The van der Waals surface area contributed by atoms with Gasteiger partial charge in [0, 0.05) is 11.1 Å². The molecule has 0 saturated carbocycles. The maximum absolute atomic E-state index is 12.4. The zero-order chi connectivity index (χ0) is 18.7. The molecule has 1 N–H and O–H groups in total. The summed E-state index contributed by atoms with van der Waals surface area (Å²) in [5, 5.41) is 21.1. The van der Waals surface area contributed by atoms with Crippen LogP contribution in [0.25, 0.3) is 0 Å². The summed E-state index contributed by atoms with van der Waals surface area (Å²) in [5.41, 5.74) is 0.228. The summed E-state index contributed by atoms with van der Waals surface area (Å²) in [6, 6.07) is 4.98. The second-order valence-electron chi connectivity index (χ2n) is 5.26. The number of hydrogen-bond acceptors (Lipinski definition) is 6. The zero-order valence-corrected chi connectivity index (χ0v) is 13.8. The van der Waals surface area contributed by atoms with Crippen molar-refractivity contribution in [3.05, 3.63) is 52.1 Å². The second-order valence-corrected chi connectivity index (χ2v) is 5.26. The van der Waals surface area contributed by atoms with Gasteiger partial charge in [-0.15, -0.1) is 0 Å². The Morgan fingerprint density at radius 1 is 1.20 bits per heavy atom. The van der Waals surface area contributed by atoms with Gasteiger partial charge < -0.3 is 19.7 Å². The molecule has 7 nitrogen and oxygen atoms in total. The zero-order valence-electron chi connectivity index (χ0n) is 13.8. The van der Waals surface area contributed by atoms with Gasteiger partial charge in [-0.3, -0.25) is 4.79 Å². The first-order valence-electron chi connectivity index (χ1n) is 7.20.